The molecule has 0 bridgehead atoms. The van der Waals surface area contributed by atoms with E-state index in [9.17, 15) is 24.1 Å². The summed E-state index contributed by atoms with van der Waals surface area (Å²) in [5.74, 6) is -1.08. The maximum absolute atomic E-state index is 13.2. The van der Waals surface area contributed by atoms with Gasteiger partial charge in [0.05, 0.1) is 4.92 Å². The molecule has 3 rings (SSSR count). The molecule has 2 N–H and O–H groups in total. The highest BCUT2D eigenvalue weighted by Crippen LogP contribution is 2.32. The monoisotopic (exact) mass is 391 g/mol. The Bertz CT molecular complexity index is 935. The lowest BCUT2D eigenvalue weighted by Crippen LogP contribution is -2.37. The molecule has 0 atom stereocenters. The number of benzene rings is 2. The van der Waals surface area contributed by atoms with Crippen molar-refractivity contribution in [2.45, 2.75) is 0 Å². The van der Waals surface area contributed by atoms with Gasteiger partial charge in [-0.1, -0.05) is 0 Å². The maximum atomic E-state index is 13.2. The average molecular weight is 391 g/mol. The maximum Gasteiger partial charge on any atom is 0.325 e. The van der Waals surface area contributed by atoms with Gasteiger partial charge in [0.25, 0.3) is 5.91 Å². The largest absolute Gasteiger partial charge is 0.486 e. The Morgan fingerprint density at radius 3 is 2.64 bits per heavy atom. The lowest BCUT2D eigenvalue weighted by atomic mass is 10.2. The number of nitro benzene ring substituents is 1. The lowest BCUT2D eigenvalue weighted by molar-refractivity contribution is -0.385. The zero-order chi connectivity index (χ0) is 20.1. The molecule has 1 aliphatic heterocycles. The fourth-order valence-corrected chi connectivity index (χ4v) is 2.34. The van der Waals surface area contributed by atoms with Gasteiger partial charge in [0.15, 0.2) is 18.1 Å². The van der Waals surface area contributed by atoms with Crippen molar-refractivity contribution in [3.8, 4) is 17.2 Å². The van der Waals surface area contributed by atoms with Crippen LogP contribution in [0, 0.1) is 15.9 Å². The van der Waals surface area contributed by atoms with E-state index < -0.39 is 40.7 Å². The minimum Gasteiger partial charge on any atom is -0.486 e. The van der Waals surface area contributed by atoms with Crippen LogP contribution in [0.25, 0.3) is 0 Å². The number of urea groups is 1. The number of nitrogens with one attached hydrogen (secondary N) is 2. The highest BCUT2D eigenvalue weighted by atomic mass is 19.1. The van der Waals surface area contributed by atoms with Crippen molar-refractivity contribution in [2.75, 3.05) is 25.1 Å². The molecule has 146 valence electrons. The Labute approximate surface area is 157 Å². The van der Waals surface area contributed by atoms with Crippen LogP contribution in [-0.4, -0.2) is 36.7 Å². The number of ether oxygens (including phenoxy) is 3. The smallest absolute Gasteiger partial charge is 0.325 e. The van der Waals surface area contributed by atoms with E-state index in [1.165, 1.54) is 6.07 Å². The molecule has 0 saturated heterocycles. The van der Waals surface area contributed by atoms with E-state index in [1.807, 2.05) is 5.32 Å². The molecule has 28 heavy (non-hydrogen) atoms. The van der Waals surface area contributed by atoms with Gasteiger partial charge in [0.2, 0.25) is 5.75 Å². The number of halogens is 1. The molecular weight excluding hydrogens is 377 g/mol. The quantitative estimate of drug-likeness (QED) is 0.591. The van der Waals surface area contributed by atoms with Crippen LogP contribution in [0.5, 0.6) is 17.2 Å². The molecule has 11 heteroatoms. The first-order valence-electron chi connectivity index (χ1n) is 7.99. The van der Waals surface area contributed by atoms with Crippen molar-refractivity contribution < 1.29 is 33.1 Å². The third-order valence-corrected chi connectivity index (χ3v) is 3.53. The van der Waals surface area contributed by atoms with Gasteiger partial charge in [-0.15, -0.1) is 0 Å². The molecule has 1 heterocycles. The highest BCUT2D eigenvalue weighted by Gasteiger charge is 2.18. The second kappa shape index (κ2) is 8.20. The van der Waals surface area contributed by atoms with Gasteiger partial charge in [0, 0.05) is 23.9 Å². The predicted molar refractivity (Wildman–Crippen MR) is 93.1 cm³/mol. The van der Waals surface area contributed by atoms with Crippen LogP contribution in [0.3, 0.4) is 0 Å². The van der Waals surface area contributed by atoms with Gasteiger partial charge in [0.1, 0.15) is 19.0 Å². The summed E-state index contributed by atoms with van der Waals surface area (Å²) >= 11 is 0. The number of imide groups is 1. The Balaban J connectivity index is 1.54. The zero-order valence-electron chi connectivity index (χ0n) is 14.3. The number of carbonyl (C=O) groups excluding carboxylic acids is 2. The number of hydrogen-bond donors (Lipinski definition) is 2. The van der Waals surface area contributed by atoms with Gasteiger partial charge < -0.3 is 19.5 Å². The molecule has 0 aromatic heterocycles. The number of nitro groups is 1. The molecule has 2 aromatic rings. The third kappa shape index (κ3) is 4.63. The van der Waals surface area contributed by atoms with Crippen LogP contribution < -0.4 is 24.8 Å². The van der Waals surface area contributed by atoms with Gasteiger partial charge >= 0.3 is 11.7 Å². The molecule has 3 amide bonds. The van der Waals surface area contributed by atoms with Crippen molar-refractivity contribution >= 4 is 23.3 Å². The standard InChI is InChI=1S/C17H14FN3O7/c18-10-1-3-12(21(24)25)14(7-10)28-9-16(22)20-17(23)19-11-2-4-13-15(8-11)27-6-5-26-13/h1-4,7-8H,5-6,9H2,(H2,19,20,22,23). The SMILES string of the molecule is O=C(COc1cc(F)ccc1[N+](=O)[O-])NC(=O)Nc1ccc2c(c1)OCCO2. The normalized spacial score (nSPS) is 12.0. The van der Waals surface area contributed by atoms with Crippen LogP contribution in [0.1, 0.15) is 0 Å². The molecule has 0 fully saturated rings. The number of amides is 3. The number of rotatable bonds is 5. The summed E-state index contributed by atoms with van der Waals surface area (Å²) in [5.41, 5.74) is -0.147. The second-order valence-electron chi connectivity index (χ2n) is 5.52. The lowest BCUT2D eigenvalue weighted by Gasteiger charge is -2.19. The number of hydrogen-bond acceptors (Lipinski definition) is 7. The van der Waals surface area contributed by atoms with Crippen molar-refractivity contribution in [3.05, 3.63) is 52.3 Å². The molecular formula is C17H14FN3O7. The number of anilines is 1. The summed E-state index contributed by atoms with van der Waals surface area (Å²) < 4.78 is 28.9. The van der Waals surface area contributed by atoms with Crippen LogP contribution >= 0.6 is 0 Å². The van der Waals surface area contributed by atoms with Crippen LogP contribution in [0.15, 0.2) is 36.4 Å². The summed E-state index contributed by atoms with van der Waals surface area (Å²) in [7, 11) is 0. The molecule has 0 radical (unpaired) electrons. The first-order valence-corrected chi connectivity index (χ1v) is 7.99. The summed E-state index contributed by atoms with van der Waals surface area (Å²) in [4.78, 5) is 33.8. The topological polar surface area (TPSA) is 129 Å². The fourth-order valence-electron chi connectivity index (χ4n) is 2.34. The van der Waals surface area contributed by atoms with Crippen molar-refractivity contribution in [3.63, 3.8) is 0 Å². The minimum absolute atomic E-state index is 0.358. The summed E-state index contributed by atoms with van der Waals surface area (Å²) in [6.07, 6.45) is 0. The zero-order valence-corrected chi connectivity index (χ0v) is 14.3. The number of carbonyl (C=O) groups is 2. The highest BCUT2D eigenvalue weighted by molar-refractivity contribution is 6.01. The van der Waals surface area contributed by atoms with Crippen molar-refractivity contribution in [1.29, 1.82) is 0 Å². The summed E-state index contributed by atoms with van der Waals surface area (Å²) in [5, 5.41) is 15.3. The number of fused-ring (bicyclic) bond motifs is 1. The second-order valence-corrected chi connectivity index (χ2v) is 5.52. The van der Waals surface area contributed by atoms with E-state index in [4.69, 9.17) is 14.2 Å². The van der Waals surface area contributed by atoms with Crippen LogP contribution in [0.4, 0.5) is 20.6 Å². The Hall–Kier alpha value is -3.89. The Kier molecular flexibility index (Phi) is 5.53. The van der Waals surface area contributed by atoms with E-state index in [0.29, 0.717) is 30.4 Å². The Morgan fingerprint density at radius 2 is 1.89 bits per heavy atom. The van der Waals surface area contributed by atoms with Crippen molar-refractivity contribution in [2.24, 2.45) is 0 Å². The summed E-state index contributed by atoms with van der Waals surface area (Å²) in [6, 6.07) is 6.44. The first-order chi connectivity index (χ1) is 13.4. The van der Waals surface area contributed by atoms with Crippen LogP contribution in [-0.2, 0) is 4.79 Å². The molecule has 2 aromatic carbocycles. The van der Waals surface area contributed by atoms with Crippen LogP contribution in [0.2, 0.25) is 0 Å². The Morgan fingerprint density at radius 1 is 1.14 bits per heavy atom. The fraction of sp³-hybridized carbons (Fsp3) is 0.176. The van der Waals surface area contributed by atoms with Gasteiger partial charge in [-0.2, -0.15) is 0 Å². The van der Waals surface area contributed by atoms with Crippen molar-refractivity contribution in [1.82, 2.24) is 5.32 Å². The third-order valence-electron chi connectivity index (χ3n) is 3.53. The molecule has 1 aliphatic rings. The van der Waals surface area contributed by atoms with E-state index in [-0.39, 0.29) is 0 Å². The van der Waals surface area contributed by atoms with E-state index in [0.717, 1.165) is 18.2 Å². The van der Waals surface area contributed by atoms with E-state index >= 15 is 0 Å². The van der Waals surface area contributed by atoms with E-state index in [2.05, 4.69) is 5.32 Å². The number of nitrogens with zero attached hydrogens (tertiary/aromatic N) is 1. The molecule has 0 unspecified atom stereocenters. The molecule has 10 nitrogen and oxygen atoms in total. The molecule has 0 saturated carbocycles. The molecule has 0 spiro atoms. The average Bonchev–Trinajstić information content (AvgIpc) is 2.66. The predicted octanol–water partition coefficient (Wildman–Crippen LogP) is 2.23. The van der Waals surface area contributed by atoms with Gasteiger partial charge in [-0.3, -0.25) is 20.2 Å². The van der Waals surface area contributed by atoms with E-state index in [1.54, 1.807) is 12.1 Å². The van der Waals surface area contributed by atoms with Gasteiger partial charge in [-0.05, 0) is 18.2 Å². The van der Waals surface area contributed by atoms with Gasteiger partial charge in [-0.25, -0.2) is 9.18 Å². The minimum atomic E-state index is -0.881. The first kappa shape index (κ1) is 18.9. The molecule has 0 aliphatic carbocycles. The summed E-state index contributed by atoms with van der Waals surface area (Å²) in [6.45, 7) is 0.0851.